The molecule has 3 N–H and O–H groups in total. The number of amides is 2. The van der Waals surface area contributed by atoms with Crippen molar-refractivity contribution in [3.63, 3.8) is 0 Å². The average molecular weight is 401 g/mol. The highest BCUT2D eigenvalue weighted by Crippen LogP contribution is 2.42. The zero-order valence-electron chi connectivity index (χ0n) is 16.4. The molecule has 0 aliphatic carbocycles. The van der Waals surface area contributed by atoms with Crippen molar-refractivity contribution in [2.45, 2.75) is 12.6 Å². The van der Waals surface area contributed by atoms with Crippen LogP contribution in [0.1, 0.15) is 22.7 Å². The van der Waals surface area contributed by atoms with Crippen molar-refractivity contribution in [1.29, 1.82) is 0 Å². The van der Waals surface area contributed by atoms with E-state index < -0.39 is 6.03 Å². The van der Waals surface area contributed by atoms with E-state index in [0.717, 1.165) is 44.5 Å². The molecular weight excluding hydrogens is 381 g/mol. The van der Waals surface area contributed by atoms with Crippen molar-refractivity contribution in [1.82, 2.24) is 9.88 Å². The summed E-state index contributed by atoms with van der Waals surface area (Å²) in [4.78, 5) is 17.0. The van der Waals surface area contributed by atoms with Crippen LogP contribution >= 0.6 is 0 Å². The van der Waals surface area contributed by atoms with Gasteiger partial charge in [0.25, 0.3) is 0 Å². The Labute approximate surface area is 172 Å². The molecule has 0 spiro atoms. The molecule has 150 valence electrons. The van der Waals surface area contributed by atoms with Crippen LogP contribution in [0.5, 0.6) is 5.75 Å². The fraction of sp³-hybridized carbons (Fsp3) is 0.125. The average Bonchev–Trinajstić information content (AvgIpc) is 3.34. The van der Waals surface area contributed by atoms with E-state index in [-0.39, 0.29) is 11.9 Å². The third-order valence-corrected chi connectivity index (χ3v) is 5.77. The predicted molar refractivity (Wildman–Crippen MR) is 114 cm³/mol. The van der Waals surface area contributed by atoms with Gasteiger partial charge in [0.2, 0.25) is 0 Å². The number of carbonyl (C=O) groups excluding carboxylic acids is 1. The molecule has 1 aliphatic rings. The zero-order valence-corrected chi connectivity index (χ0v) is 16.4. The summed E-state index contributed by atoms with van der Waals surface area (Å²) in [6.07, 6.45) is 1.83. The molecule has 6 heteroatoms. The number of H-pyrrole nitrogens is 1. The third-order valence-electron chi connectivity index (χ3n) is 5.77. The topological polar surface area (TPSA) is 71.3 Å². The Kier molecular flexibility index (Phi) is 4.20. The molecule has 0 saturated heterocycles. The van der Waals surface area contributed by atoms with Crippen molar-refractivity contribution < 1.29 is 13.9 Å². The first kappa shape index (κ1) is 18.2. The number of aromatic amines is 1. The van der Waals surface area contributed by atoms with Crippen molar-refractivity contribution in [3.05, 3.63) is 89.4 Å². The van der Waals surface area contributed by atoms with Gasteiger partial charge in [-0.3, -0.25) is 0 Å². The number of hydrogen-bond donors (Lipinski definition) is 2. The highest BCUT2D eigenvalue weighted by Gasteiger charge is 2.35. The molecule has 1 aliphatic heterocycles. The second kappa shape index (κ2) is 6.91. The minimum Gasteiger partial charge on any atom is -0.497 e. The van der Waals surface area contributed by atoms with Crippen LogP contribution in [0.4, 0.5) is 9.18 Å². The van der Waals surface area contributed by atoms with Crippen molar-refractivity contribution in [2.24, 2.45) is 5.73 Å². The number of nitrogens with two attached hydrogens (primary N) is 1. The summed E-state index contributed by atoms with van der Waals surface area (Å²) in [6.45, 7) is 0.404. The molecule has 0 bridgehead atoms. The SMILES string of the molecule is COc1ccc(-c2ccc3c(c2)CN(C(N)=O)C3c2c[nH]c3ccc(F)cc23)cc1. The summed E-state index contributed by atoms with van der Waals surface area (Å²) >= 11 is 0. The Morgan fingerprint density at radius 1 is 1.07 bits per heavy atom. The summed E-state index contributed by atoms with van der Waals surface area (Å²) in [6, 6.07) is 17.7. The second-order valence-electron chi connectivity index (χ2n) is 7.44. The van der Waals surface area contributed by atoms with Gasteiger partial charge in [0.05, 0.1) is 13.2 Å². The summed E-state index contributed by atoms with van der Waals surface area (Å²) < 4.78 is 19.1. The molecule has 0 radical (unpaired) electrons. The van der Waals surface area contributed by atoms with Crippen LogP contribution in [0.25, 0.3) is 22.0 Å². The van der Waals surface area contributed by atoms with E-state index in [1.807, 2.05) is 42.6 Å². The maximum atomic E-state index is 13.9. The first-order valence-electron chi connectivity index (χ1n) is 9.65. The van der Waals surface area contributed by atoms with E-state index in [1.54, 1.807) is 18.1 Å². The first-order chi connectivity index (χ1) is 14.5. The number of hydrogen-bond acceptors (Lipinski definition) is 2. The standard InChI is InChI=1S/C24H20FN3O2/c1-30-18-6-2-14(3-7-18)15-4-8-19-16(10-15)13-28(24(26)29)23(19)21-12-27-22-9-5-17(25)11-20(21)22/h2-12,23,27H,13H2,1H3,(H2,26,29). The molecular formula is C24H20FN3O2. The van der Waals surface area contributed by atoms with Gasteiger partial charge in [-0.25, -0.2) is 9.18 Å². The lowest BCUT2D eigenvalue weighted by atomic mass is 9.94. The molecule has 0 fully saturated rings. The summed E-state index contributed by atoms with van der Waals surface area (Å²) in [5, 5.41) is 0.748. The lowest BCUT2D eigenvalue weighted by Gasteiger charge is -2.23. The van der Waals surface area contributed by atoms with E-state index in [1.165, 1.54) is 12.1 Å². The van der Waals surface area contributed by atoms with Gasteiger partial charge in [0.1, 0.15) is 11.6 Å². The van der Waals surface area contributed by atoms with Crippen molar-refractivity contribution in [3.8, 4) is 16.9 Å². The summed E-state index contributed by atoms with van der Waals surface area (Å²) in [7, 11) is 1.64. The van der Waals surface area contributed by atoms with Gasteiger partial charge < -0.3 is 20.4 Å². The Balaban J connectivity index is 1.60. The number of nitrogens with one attached hydrogen (secondary N) is 1. The van der Waals surface area contributed by atoms with Crippen LogP contribution in [0.2, 0.25) is 0 Å². The highest BCUT2D eigenvalue weighted by atomic mass is 19.1. The third kappa shape index (κ3) is 2.88. The smallest absolute Gasteiger partial charge is 0.315 e. The van der Waals surface area contributed by atoms with Gasteiger partial charge in [-0.1, -0.05) is 24.3 Å². The molecule has 0 saturated carbocycles. The number of ether oxygens (including phenoxy) is 1. The molecule has 30 heavy (non-hydrogen) atoms. The van der Waals surface area contributed by atoms with Gasteiger partial charge >= 0.3 is 6.03 Å². The fourth-order valence-electron chi connectivity index (χ4n) is 4.30. The number of carbonyl (C=O) groups is 1. The molecule has 1 unspecified atom stereocenters. The van der Waals surface area contributed by atoms with E-state index >= 15 is 0 Å². The number of nitrogens with zero attached hydrogens (tertiary/aromatic N) is 1. The molecule has 4 aromatic rings. The number of rotatable bonds is 3. The van der Waals surface area contributed by atoms with Crippen molar-refractivity contribution >= 4 is 16.9 Å². The van der Waals surface area contributed by atoms with Crippen molar-refractivity contribution in [2.75, 3.05) is 7.11 Å². The van der Waals surface area contributed by atoms with E-state index in [2.05, 4.69) is 11.1 Å². The number of primary amides is 1. The molecule has 1 aromatic heterocycles. The molecule has 5 nitrogen and oxygen atoms in total. The molecule has 1 atom stereocenters. The number of halogens is 1. The monoisotopic (exact) mass is 401 g/mol. The largest absolute Gasteiger partial charge is 0.497 e. The lowest BCUT2D eigenvalue weighted by molar-refractivity contribution is 0.199. The van der Waals surface area contributed by atoms with Crippen LogP contribution < -0.4 is 10.5 Å². The van der Waals surface area contributed by atoms with Gasteiger partial charge in [-0.2, -0.15) is 0 Å². The minimum atomic E-state index is -0.507. The van der Waals surface area contributed by atoms with E-state index in [9.17, 15) is 9.18 Å². The van der Waals surface area contributed by atoms with Crippen LogP contribution in [0, 0.1) is 5.82 Å². The zero-order chi connectivity index (χ0) is 20.8. The maximum absolute atomic E-state index is 13.9. The van der Waals surface area contributed by atoms with Gasteiger partial charge in [-0.15, -0.1) is 0 Å². The maximum Gasteiger partial charge on any atom is 0.315 e. The molecule has 2 amide bonds. The van der Waals surface area contributed by atoms with Gasteiger partial charge in [0, 0.05) is 29.2 Å². The fourth-order valence-corrected chi connectivity index (χ4v) is 4.30. The Morgan fingerprint density at radius 2 is 1.83 bits per heavy atom. The number of aromatic nitrogens is 1. The second-order valence-corrected chi connectivity index (χ2v) is 7.44. The number of methoxy groups -OCH3 is 1. The van der Waals surface area contributed by atoms with Crippen LogP contribution in [-0.2, 0) is 6.54 Å². The van der Waals surface area contributed by atoms with Gasteiger partial charge in [0.15, 0.2) is 0 Å². The van der Waals surface area contributed by atoms with Crippen LogP contribution in [0.3, 0.4) is 0 Å². The van der Waals surface area contributed by atoms with E-state index in [0.29, 0.717) is 6.54 Å². The first-order valence-corrected chi connectivity index (χ1v) is 9.65. The minimum absolute atomic E-state index is 0.318. The number of benzene rings is 3. The Morgan fingerprint density at radius 3 is 2.57 bits per heavy atom. The molecule has 2 heterocycles. The number of fused-ring (bicyclic) bond motifs is 2. The van der Waals surface area contributed by atoms with Gasteiger partial charge in [-0.05, 0) is 58.7 Å². The number of urea groups is 1. The Bertz CT molecular complexity index is 1260. The summed E-state index contributed by atoms with van der Waals surface area (Å²) in [5.41, 5.74) is 11.5. The van der Waals surface area contributed by atoms with E-state index in [4.69, 9.17) is 10.5 Å². The normalized spacial score (nSPS) is 15.4. The Hall–Kier alpha value is -3.80. The highest BCUT2D eigenvalue weighted by molar-refractivity contribution is 5.86. The summed E-state index contributed by atoms with van der Waals surface area (Å²) in [5.74, 6) is 0.480. The quantitative estimate of drug-likeness (QED) is 0.509. The predicted octanol–water partition coefficient (Wildman–Crippen LogP) is 4.97. The molecule has 5 rings (SSSR count). The van der Waals surface area contributed by atoms with Crippen LogP contribution in [-0.4, -0.2) is 23.0 Å². The molecule has 3 aromatic carbocycles. The lowest BCUT2D eigenvalue weighted by Crippen LogP contribution is -2.34. The van der Waals surface area contributed by atoms with Crippen LogP contribution in [0.15, 0.2) is 66.9 Å².